The molecule has 0 atom stereocenters. The smallest absolute Gasteiger partial charge is 0.162 e. The van der Waals surface area contributed by atoms with Crippen molar-refractivity contribution >= 4 is 5.69 Å². The summed E-state index contributed by atoms with van der Waals surface area (Å²) >= 11 is 0. The van der Waals surface area contributed by atoms with Gasteiger partial charge < -0.3 is 15.2 Å². The van der Waals surface area contributed by atoms with Crippen molar-refractivity contribution in [3.8, 4) is 11.5 Å². The van der Waals surface area contributed by atoms with E-state index in [4.69, 9.17) is 15.2 Å². The number of anilines is 1. The van der Waals surface area contributed by atoms with Crippen LogP contribution in [0, 0.1) is 0 Å². The maximum atomic E-state index is 5.67. The molecule has 88 valence electrons. The van der Waals surface area contributed by atoms with E-state index in [0.717, 1.165) is 5.56 Å². The summed E-state index contributed by atoms with van der Waals surface area (Å²) in [6.45, 7) is 0.475. The maximum absolute atomic E-state index is 5.67. The average Bonchev–Trinajstić information content (AvgIpc) is 2.38. The van der Waals surface area contributed by atoms with Gasteiger partial charge in [-0.1, -0.05) is 0 Å². The summed E-state index contributed by atoms with van der Waals surface area (Å²) in [5.41, 5.74) is 7.37. The summed E-state index contributed by atoms with van der Waals surface area (Å²) in [5.74, 6) is 1.32. The lowest BCUT2D eigenvalue weighted by Gasteiger charge is -2.11. The molecule has 1 aromatic carbocycles. The van der Waals surface area contributed by atoms with Crippen LogP contribution in [0.2, 0.25) is 0 Å². The van der Waals surface area contributed by atoms with Crippen LogP contribution in [0.1, 0.15) is 5.56 Å². The van der Waals surface area contributed by atoms with Crippen LogP contribution in [-0.2, 0) is 6.61 Å². The third kappa shape index (κ3) is 2.87. The lowest BCUT2D eigenvalue weighted by atomic mass is 10.2. The van der Waals surface area contributed by atoms with Crippen LogP contribution in [-0.4, -0.2) is 12.1 Å². The molecule has 0 aliphatic heterocycles. The molecular formula is C13H14N2O2. The number of pyridine rings is 1. The van der Waals surface area contributed by atoms with Crippen molar-refractivity contribution in [2.45, 2.75) is 6.61 Å². The Morgan fingerprint density at radius 1 is 1.12 bits per heavy atom. The van der Waals surface area contributed by atoms with Crippen molar-refractivity contribution in [3.05, 3.63) is 48.3 Å². The SMILES string of the molecule is COc1cc(N)ccc1OCc1ccncc1. The zero-order valence-electron chi connectivity index (χ0n) is 9.59. The van der Waals surface area contributed by atoms with E-state index < -0.39 is 0 Å². The number of nitrogens with zero attached hydrogens (tertiary/aromatic N) is 1. The van der Waals surface area contributed by atoms with Crippen LogP contribution >= 0.6 is 0 Å². The van der Waals surface area contributed by atoms with Gasteiger partial charge in [0.2, 0.25) is 0 Å². The monoisotopic (exact) mass is 230 g/mol. The van der Waals surface area contributed by atoms with Gasteiger partial charge in [-0.2, -0.15) is 0 Å². The third-order valence-electron chi connectivity index (χ3n) is 2.33. The summed E-state index contributed by atoms with van der Waals surface area (Å²) in [6, 6.07) is 9.13. The summed E-state index contributed by atoms with van der Waals surface area (Å²) in [5, 5.41) is 0. The first kappa shape index (κ1) is 11.3. The molecule has 1 aromatic heterocycles. The number of aromatic nitrogens is 1. The number of nitrogens with two attached hydrogens (primary N) is 1. The fraction of sp³-hybridized carbons (Fsp3) is 0.154. The van der Waals surface area contributed by atoms with E-state index >= 15 is 0 Å². The van der Waals surface area contributed by atoms with E-state index in [1.54, 1.807) is 37.7 Å². The first-order valence-corrected chi connectivity index (χ1v) is 5.25. The molecule has 0 spiro atoms. The molecule has 17 heavy (non-hydrogen) atoms. The topological polar surface area (TPSA) is 57.4 Å². The van der Waals surface area contributed by atoms with Gasteiger partial charge in [-0.25, -0.2) is 0 Å². The van der Waals surface area contributed by atoms with E-state index in [0.29, 0.717) is 23.8 Å². The van der Waals surface area contributed by atoms with Crippen LogP contribution in [0.4, 0.5) is 5.69 Å². The quantitative estimate of drug-likeness (QED) is 0.818. The predicted molar refractivity (Wildman–Crippen MR) is 66.0 cm³/mol. The minimum atomic E-state index is 0.475. The molecule has 0 saturated carbocycles. The van der Waals surface area contributed by atoms with Crippen LogP contribution < -0.4 is 15.2 Å². The zero-order valence-corrected chi connectivity index (χ0v) is 9.59. The number of hydrogen-bond donors (Lipinski definition) is 1. The summed E-state index contributed by atoms with van der Waals surface area (Å²) < 4.78 is 10.9. The molecular weight excluding hydrogens is 216 g/mol. The third-order valence-corrected chi connectivity index (χ3v) is 2.33. The molecule has 0 fully saturated rings. The van der Waals surface area contributed by atoms with Crippen molar-refractivity contribution in [1.29, 1.82) is 0 Å². The minimum Gasteiger partial charge on any atom is -0.493 e. The van der Waals surface area contributed by atoms with E-state index in [2.05, 4.69) is 4.98 Å². The van der Waals surface area contributed by atoms with E-state index in [1.807, 2.05) is 12.1 Å². The second kappa shape index (κ2) is 5.21. The molecule has 0 unspecified atom stereocenters. The second-order valence-electron chi connectivity index (χ2n) is 3.55. The number of nitrogen functional groups attached to an aromatic ring is 1. The zero-order chi connectivity index (χ0) is 12.1. The van der Waals surface area contributed by atoms with Gasteiger partial charge in [-0.05, 0) is 29.8 Å². The van der Waals surface area contributed by atoms with Crippen molar-refractivity contribution in [1.82, 2.24) is 4.98 Å². The predicted octanol–water partition coefficient (Wildman–Crippen LogP) is 2.25. The van der Waals surface area contributed by atoms with Gasteiger partial charge in [0.25, 0.3) is 0 Å². The van der Waals surface area contributed by atoms with Gasteiger partial charge in [0.05, 0.1) is 7.11 Å². The van der Waals surface area contributed by atoms with Crippen molar-refractivity contribution in [2.24, 2.45) is 0 Å². The van der Waals surface area contributed by atoms with Crippen LogP contribution in [0.3, 0.4) is 0 Å². The molecule has 1 heterocycles. The van der Waals surface area contributed by atoms with Gasteiger partial charge in [-0.3, -0.25) is 4.98 Å². The van der Waals surface area contributed by atoms with Crippen LogP contribution in [0.5, 0.6) is 11.5 Å². The highest BCUT2D eigenvalue weighted by atomic mass is 16.5. The summed E-state index contributed by atoms with van der Waals surface area (Å²) in [6.07, 6.45) is 3.47. The Hall–Kier alpha value is -2.23. The maximum Gasteiger partial charge on any atom is 0.162 e. The van der Waals surface area contributed by atoms with Crippen molar-refractivity contribution in [3.63, 3.8) is 0 Å². The van der Waals surface area contributed by atoms with Gasteiger partial charge >= 0.3 is 0 Å². The number of rotatable bonds is 4. The number of benzene rings is 1. The molecule has 0 aliphatic carbocycles. The van der Waals surface area contributed by atoms with Gasteiger partial charge in [0, 0.05) is 24.1 Å². The van der Waals surface area contributed by atoms with E-state index in [9.17, 15) is 0 Å². The fourth-order valence-corrected chi connectivity index (χ4v) is 1.44. The molecule has 0 bridgehead atoms. The Kier molecular flexibility index (Phi) is 3.45. The number of ether oxygens (including phenoxy) is 2. The number of hydrogen-bond acceptors (Lipinski definition) is 4. The average molecular weight is 230 g/mol. The minimum absolute atomic E-state index is 0.475. The lowest BCUT2D eigenvalue weighted by Crippen LogP contribution is -1.98. The summed E-state index contributed by atoms with van der Waals surface area (Å²) in [4.78, 5) is 3.95. The van der Waals surface area contributed by atoms with Crippen LogP contribution in [0.15, 0.2) is 42.7 Å². The van der Waals surface area contributed by atoms with Crippen molar-refractivity contribution < 1.29 is 9.47 Å². The van der Waals surface area contributed by atoms with Crippen molar-refractivity contribution in [2.75, 3.05) is 12.8 Å². The summed E-state index contributed by atoms with van der Waals surface area (Å²) in [7, 11) is 1.59. The normalized spacial score (nSPS) is 9.94. The highest BCUT2D eigenvalue weighted by Gasteiger charge is 2.04. The van der Waals surface area contributed by atoms with E-state index in [1.165, 1.54) is 0 Å². The standard InChI is InChI=1S/C13H14N2O2/c1-16-13-8-11(14)2-3-12(13)17-9-10-4-6-15-7-5-10/h2-8H,9,14H2,1H3. The first-order chi connectivity index (χ1) is 8.29. The number of methoxy groups -OCH3 is 1. The molecule has 0 amide bonds. The first-order valence-electron chi connectivity index (χ1n) is 5.25. The molecule has 4 nitrogen and oxygen atoms in total. The molecule has 4 heteroatoms. The largest absolute Gasteiger partial charge is 0.493 e. The van der Waals surface area contributed by atoms with Gasteiger partial charge in [-0.15, -0.1) is 0 Å². The van der Waals surface area contributed by atoms with E-state index in [-0.39, 0.29) is 0 Å². The molecule has 2 N–H and O–H groups in total. The second-order valence-corrected chi connectivity index (χ2v) is 3.55. The Morgan fingerprint density at radius 2 is 1.88 bits per heavy atom. The Balaban J connectivity index is 2.09. The van der Waals surface area contributed by atoms with Crippen LogP contribution in [0.25, 0.3) is 0 Å². The molecule has 2 rings (SSSR count). The molecule has 0 saturated heterocycles. The highest BCUT2D eigenvalue weighted by Crippen LogP contribution is 2.29. The Labute approximate surface area is 100 Å². The lowest BCUT2D eigenvalue weighted by molar-refractivity contribution is 0.284. The molecule has 0 aliphatic rings. The van der Waals surface area contributed by atoms with Gasteiger partial charge in [0.15, 0.2) is 11.5 Å². The fourth-order valence-electron chi connectivity index (χ4n) is 1.44. The van der Waals surface area contributed by atoms with Gasteiger partial charge in [0.1, 0.15) is 6.61 Å². The highest BCUT2D eigenvalue weighted by molar-refractivity contribution is 5.51. The molecule has 2 aromatic rings. The molecule has 0 radical (unpaired) electrons. The Morgan fingerprint density at radius 3 is 2.59 bits per heavy atom. The Bertz CT molecular complexity index is 486.